The molecule has 1 aromatic rings. The summed E-state index contributed by atoms with van der Waals surface area (Å²) < 4.78 is 1.47. The first-order chi connectivity index (χ1) is 6.34. The van der Waals surface area contributed by atoms with Crippen LogP contribution in [0.4, 0.5) is 0 Å². The molecular weight excluding hydrogens is 180 g/mol. The van der Waals surface area contributed by atoms with Gasteiger partial charge in [0.15, 0.2) is 0 Å². The molecule has 1 heterocycles. The van der Waals surface area contributed by atoms with E-state index < -0.39 is 11.5 Å². The minimum atomic E-state index is -0.988. The maximum atomic E-state index is 11.8. The van der Waals surface area contributed by atoms with Crippen LogP contribution in [0.5, 0.6) is 0 Å². The molecule has 0 aliphatic rings. The maximum absolute atomic E-state index is 11.8. The van der Waals surface area contributed by atoms with Crippen LogP contribution in [0.15, 0.2) is 12.3 Å². The van der Waals surface area contributed by atoms with Gasteiger partial charge >= 0.3 is 0 Å². The first-order valence-electron chi connectivity index (χ1n) is 4.54. The lowest BCUT2D eigenvalue weighted by atomic mass is 9.86. The Labute approximate surface area is 83.5 Å². The fraction of sp³-hybridized carbons (Fsp3) is 0.600. The Bertz CT molecular complexity index is 336. The van der Waals surface area contributed by atoms with Crippen molar-refractivity contribution >= 4 is 5.78 Å². The SMILES string of the molecule is Cn1nccc1C(=O)C(O)C(C)(C)C. The minimum Gasteiger partial charge on any atom is -0.384 e. The van der Waals surface area contributed by atoms with Gasteiger partial charge in [-0.1, -0.05) is 20.8 Å². The molecular formula is C10H16N2O2. The first kappa shape index (κ1) is 10.9. The normalized spacial score (nSPS) is 14.1. The fourth-order valence-electron chi connectivity index (χ4n) is 1.15. The molecule has 4 heteroatoms. The minimum absolute atomic E-state index is 0.280. The van der Waals surface area contributed by atoms with Gasteiger partial charge in [-0.3, -0.25) is 9.48 Å². The molecule has 0 radical (unpaired) electrons. The number of carbonyl (C=O) groups is 1. The highest BCUT2D eigenvalue weighted by Crippen LogP contribution is 2.22. The molecule has 1 aromatic heterocycles. The molecule has 1 rings (SSSR count). The third-order valence-corrected chi connectivity index (χ3v) is 2.14. The summed E-state index contributed by atoms with van der Waals surface area (Å²) in [7, 11) is 1.68. The molecule has 0 fully saturated rings. The molecule has 1 unspecified atom stereocenters. The molecule has 0 aliphatic carbocycles. The Morgan fingerprint density at radius 2 is 2.14 bits per heavy atom. The predicted molar refractivity (Wildman–Crippen MR) is 53.0 cm³/mol. The molecule has 0 saturated heterocycles. The number of aryl methyl sites for hydroxylation is 1. The van der Waals surface area contributed by atoms with Crippen molar-refractivity contribution in [3.05, 3.63) is 18.0 Å². The lowest BCUT2D eigenvalue weighted by Crippen LogP contribution is -2.35. The van der Waals surface area contributed by atoms with Crippen molar-refractivity contribution in [1.82, 2.24) is 9.78 Å². The van der Waals surface area contributed by atoms with Gasteiger partial charge in [0.05, 0.1) is 0 Å². The van der Waals surface area contributed by atoms with Gasteiger partial charge in [-0.15, -0.1) is 0 Å². The van der Waals surface area contributed by atoms with Gasteiger partial charge < -0.3 is 5.11 Å². The molecule has 1 atom stereocenters. The zero-order valence-corrected chi connectivity index (χ0v) is 8.98. The van der Waals surface area contributed by atoms with Crippen LogP contribution in [-0.2, 0) is 7.05 Å². The third-order valence-electron chi connectivity index (χ3n) is 2.14. The van der Waals surface area contributed by atoms with Crippen LogP contribution < -0.4 is 0 Å². The van der Waals surface area contributed by atoms with Crippen molar-refractivity contribution in [2.75, 3.05) is 0 Å². The van der Waals surface area contributed by atoms with Crippen LogP contribution >= 0.6 is 0 Å². The number of aliphatic hydroxyl groups excluding tert-OH is 1. The van der Waals surface area contributed by atoms with E-state index in [1.807, 2.05) is 20.8 Å². The van der Waals surface area contributed by atoms with Gasteiger partial charge in [0, 0.05) is 13.2 Å². The average Bonchev–Trinajstić information content (AvgIpc) is 2.47. The van der Waals surface area contributed by atoms with Gasteiger partial charge in [0.1, 0.15) is 11.8 Å². The first-order valence-corrected chi connectivity index (χ1v) is 4.54. The number of hydrogen-bond acceptors (Lipinski definition) is 3. The molecule has 0 spiro atoms. The maximum Gasteiger partial charge on any atom is 0.209 e. The summed E-state index contributed by atoms with van der Waals surface area (Å²) in [6, 6.07) is 1.61. The van der Waals surface area contributed by atoms with Gasteiger partial charge in [-0.2, -0.15) is 5.10 Å². The standard InChI is InChI=1S/C10H16N2O2/c1-10(2,3)9(14)8(13)7-5-6-11-12(7)4/h5-6,9,14H,1-4H3. The Kier molecular flexibility index (Phi) is 2.76. The van der Waals surface area contributed by atoms with Gasteiger partial charge in [-0.05, 0) is 11.5 Å². The second kappa shape index (κ2) is 3.53. The van der Waals surface area contributed by atoms with E-state index in [-0.39, 0.29) is 5.78 Å². The van der Waals surface area contributed by atoms with Gasteiger partial charge in [0.2, 0.25) is 5.78 Å². The number of Topliss-reactive ketones (excluding diaryl/α,β-unsaturated/α-hetero) is 1. The van der Waals surface area contributed by atoms with Crippen molar-refractivity contribution in [3.63, 3.8) is 0 Å². The lowest BCUT2D eigenvalue weighted by Gasteiger charge is -2.24. The summed E-state index contributed by atoms with van der Waals surface area (Å²) in [5, 5.41) is 13.6. The monoisotopic (exact) mass is 196 g/mol. The van der Waals surface area contributed by atoms with E-state index in [4.69, 9.17) is 0 Å². The van der Waals surface area contributed by atoms with E-state index in [9.17, 15) is 9.90 Å². The molecule has 4 nitrogen and oxygen atoms in total. The Morgan fingerprint density at radius 1 is 1.57 bits per heavy atom. The molecule has 14 heavy (non-hydrogen) atoms. The van der Waals surface area contributed by atoms with Crippen LogP contribution in [0.3, 0.4) is 0 Å². The van der Waals surface area contributed by atoms with E-state index in [0.717, 1.165) is 0 Å². The van der Waals surface area contributed by atoms with Crippen molar-refractivity contribution in [1.29, 1.82) is 0 Å². The topological polar surface area (TPSA) is 55.1 Å². The number of carbonyl (C=O) groups excluding carboxylic acids is 1. The Balaban J connectivity index is 2.92. The summed E-state index contributed by atoms with van der Waals surface area (Å²) in [6.45, 7) is 5.48. The van der Waals surface area contributed by atoms with Crippen molar-refractivity contribution < 1.29 is 9.90 Å². The second-order valence-corrected chi connectivity index (χ2v) is 4.47. The number of nitrogens with zero attached hydrogens (tertiary/aromatic N) is 2. The smallest absolute Gasteiger partial charge is 0.209 e. The summed E-state index contributed by atoms with van der Waals surface area (Å²) in [6.07, 6.45) is 0.556. The number of ketones is 1. The fourth-order valence-corrected chi connectivity index (χ4v) is 1.15. The van der Waals surface area contributed by atoms with Crippen molar-refractivity contribution in [3.8, 4) is 0 Å². The number of aromatic nitrogens is 2. The Morgan fingerprint density at radius 3 is 2.50 bits per heavy atom. The number of aliphatic hydroxyl groups is 1. The van der Waals surface area contributed by atoms with E-state index >= 15 is 0 Å². The predicted octanol–water partition coefficient (Wildman–Crippen LogP) is 1.01. The quantitative estimate of drug-likeness (QED) is 0.718. The third kappa shape index (κ3) is 2.01. The van der Waals surface area contributed by atoms with E-state index in [1.165, 1.54) is 4.68 Å². The van der Waals surface area contributed by atoms with Crippen LogP contribution in [0.2, 0.25) is 0 Å². The summed E-state index contributed by atoms with van der Waals surface area (Å²) in [4.78, 5) is 11.8. The van der Waals surface area contributed by atoms with Crippen LogP contribution in [0.25, 0.3) is 0 Å². The highest BCUT2D eigenvalue weighted by molar-refractivity contribution is 5.98. The summed E-state index contributed by atoms with van der Waals surface area (Å²) in [5.74, 6) is -0.280. The lowest BCUT2D eigenvalue weighted by molar-refractivity contribution is 0.0433. The largest absolute Gasteiger partial charge is 0.384 e. The highest BCUT2D eigenvalue weighted by atomic mass is 16.3. The molecule has 0 aromatic carbocycles. The molecule has 0 aliphatic heterocycles. The van der Waals surface area contributed by atoms with Crippen LogP contribution in [-0.4, -0.2) is 26.8 Å². The molecule has 0 saturated carbocycles. The van der Waals surface area contributed by atoms with Crippen molar-refractivity contribution in [2.24, 2.45) is 12.5 Å². The number of rotatable bonds is 2. The second-order valence-electron chi connectivity index (χ2n) is 4.47. The molecule has 0 bridgehead atoms. The average molecular weight is 196 g/mol. The van der Waals surface area contributed by atoms with Crippen LogP contribution in [0.1, 0.15) is 31.3 Å². The highest BCUT2D eigenvalue weighted by Gasteiger charge is 2.30. The molecule has 1 N–H and O–H groups in total. The zero-order valence-electron chi connectivity index (χ0n) is 8.98. The van der Waals surface area contributed by atoms with E-state index in [2.05, 4.69) is 5.10 Å². The number of hydrogen-bond donors (Lipinski definition) is 1. The molecule has 78 valence electrons. The van der Waals surface area contributed by atoms with Crippen molar-refractivity contribution in [2.45, 2.75) is 26.9 Å². The van der Waals surface area contributed by atoms with Gasteiger partial charge in [-0.25, -0.2) is 0 Å². The molecule has 0 amide bonds. The van der Waals surface area contributed by atoms with E-state index in [1.54, 1.807) is 19.3 Å². The van der Waals surface area contributed by atoms with E-state index in [0.29, 0.717) is 5.69 Å². The zero-order chi connectivity index (χ0) is 10.9. The summed E-state index contributed by atoms with van der Waals surface area (Å²) >= 11 is 0. The Hall–Kier alpha value is -1.16. The van der Waals surface area contributed by atoms with Gasteiger partial charge in [0.25, 0.3) is 0 Å². The summed E-state index contributed by atoms with van der Waals surface area (Å²) in [5.41, 5.74) is -0.00567. The van der Waals surface area contributed by atoms with Crippen LogP contribution in [0, 0.1) is 5.41 Å².